The molecule has 4 nitrogen and oxygen atoms in total. The number of hydrogen-bond donors (Lipinski definition) is 1. The molecule has 21 heavy (non-hydrogen) atoms. The lowest BCUT2D eigenvalue weighted by Crippen LogP contribution is -2.14. The topological polar surface area (TPSA) is 46.9 Å². The van der Waals surface area contributed by atoms with Gasteiger partial charge in [-0.25, -0.2) is 4.98 Å². The summed E-state index contributed by atoms with van der Waals surface area (Å²) in [6.07, 6.45) is 3.87. The van der Waals surface area contributed by atoms with Gasteiger partial charge in [-0.1, -0.05) is 29.8 Å². The van der Waals surface area contributed by atoms with E-state index in [9.17, 15) is 4.79 Å². The van der Waals surface area contributed by atoms with E-state index in [1.165, 1.54) is 0 Å². The summed E-state index contributed by atoms with van der Waals surface area (Å²) < 4.78 is 2.02. The lowest BCUT2D eigenvalue weighted by atomic mass is 10.1. The van der Waals surface area contributed by atoms with Crippen molar-refractivity contribution in [3.63, 3.8) is 0 Å². The van der Waals surface area contributed by atoms with Gasteiger partial charge in [0.25, 0.3) is 0 Å². The highest BCUT2D eigenvalue weighted by Gasteiger charge is 2.11. The minimum absolute atomic E-state index is 0.110. The van der Waals surface area contributed by atoms with E-state index < -0.39 is 0 Å². The summed E-state index contributed by atoms with van der Waals surface area (Å²) in [5, 5.41) is 4.18. The Morgan fingerprint density at radius 2 is 2.10 bits per heavy atom. The van der Waals surface area contributed by atoms with Gasteiger partial charge in [-0.15, -0.1) is 0 Å². The van der Waals surface area contributed by atoms with Gasteiger partial charge in [0.15, 0.2) is 5.15 Å². The number of rotatable bonds is 3. The van der Waals surface area contributed by atoms with E-state index >= 15 is 0 Å². The fraction of sp³-hybridized carbons (Fsp3) is 0.125. The Labute approximate surface area is 127 Å². The monoisotopic (exact) mass is 299 g/mol. The minimum atomic E-state index is -0.110. The Balaban J connectivity index is 1.82. The number of nitrogens with zero attached hydrogens (tertiary/aromatic N) is 2. The van der Waals surface area contributed by atoms with E-state index in [0.29, 0.717) is 17.3 Å². The first kappa shape index (κ1) is 13.6. The van der Waals surface area contributed by atoms with Gasteiger partial charge in [-0.2, -0.15) is 0 Å². The number of halogens is 1. The highest BCUT2D eigenvalue weighted by atomic mass is 35.5. The highest BCUT2D eigenvalue weighted by Crippen LogP contribution is 2.22. The van der Waals surface area contributed by atoms with E-state index in [4.69, 9.17) is 11.6 Å². The second-order valence-corrected chi connectivity index (χ2v) is 5.21. The largest absolute Gasteiger partial charge is 0.350 e. The minimum Gasteiger partial charge on any atom is -0.350 e. The summed E-state index contributed by atoms with van der Waals surface area (Å²) >= 11 is 5.94. The van der Waals surface area contributed by atoms with Crippen LogP contribution in [-0.4, -0.2) is 15.5 Å². The Hall–Kier alpha value is -2.33. The molecule has 3 rings (SSSR count). The van der Waals surface area contributed by atoms with Crippen LogP contribution in [0.25, 0.3) is 10.9 Å². The third kappa shape index (κ3) is 2.76. The van der Waals surface area contributed by atoms with Crippen molar-refractivity contribution in [2.75, 3.05) is 5.32 Å². The Morgan fingerprint density at radius 1 is 1.29 bits per heavy atom. The fourth-order valence-electron chi connectivity index (χ4n) is 2.41. The Kier molecular flexibility index (Phi) is 3.62. The predicted octanol–water partition coefficient (Wildman–Crippen LogP) is 3.41. The second kappa shape index (κ2) is 5.58. The number of aryl methyl sites for hydroxylation is 1. The number of pyridine rings is 1. The number of amides is 1. The molecule has 0 radical (unpaired) electrons. The number of nitrogens with one attached hydrogen (secondary N) is 1. The van der Waals surface area contributed by atoms with Gasteiger partial charge in [0.05, 0.1) is 12.1 Å². The smallest absolute Gasteiger partial charge is 0.228 e. The third-order valence-corrected chi connectivity index (χ3v) is 3.66. The van der Waals surface area contributed by atoms with E-state index in [1.54, 1.807) is 18.3 Å². The van der Waals surface area contributed by atoms with Crippen molar-refractivity contribution in [2.24, 2.45) is 7.05 Å². The van der Waals surface area contributed by atoms with Crippen LogP contribution in [-0.2, 0) is 18.3 Å². The van der Waals surface area contributed by atoms with E-state index in [1.807, 2.05) is 42.1 Å². The zero-order valence-corrected chi connectivity index (χ0v) is 12.3. The standard InChI is InChI=1S/C16H14ClN3O/c1-20-10-11(12-5-2-3-7-14(12)20)9-15(21)19-13-6-4-8-18-16(13)17/h2-8,10H,9H2,1H3,(H,19,21). The quantitative estimate of drug-likeness (QED) is 0.753. The van der Waals surface area contributed by atoms with E-state index in [-0.39, 0.29) is 5.91 Å². The van der Waals surface area contributed by atoms with Crippen molar-refractivity contribution < 1.29 is 4.79 Å². The zero-order valence-electron chi connectivity index (χ0n) is 11.5. The number of anilines is 1. The predicted molar refractivity (Wildman–Crippen MR) is 84.5 cm³/mol. The first-order valence-electron chi connectivity index (χ1n) is 6.58. The van der Waals surface area contributed by atoms with Gasteiger partial charge in [-0.05, 0) is 23.8 Å². The van der Waals surface area contributed by atoms with Crippen LogP contribution in [0.1, 0.15) is 5.56 Å². The number of carbonyl (C=O) groups is 1. The van der Waals surface area contributed by atoms with Crippen LogP contribution >= 0.6 is 11.6 Å². The summed E-state index contributed by atoms with van der Waals surface area (Å²) in [6, 6.07) is 11.5. The van der Waals surface area contributed by atoms with Gasteiger partial charge in [0.1, 0.15) is 0 Å². The molecule has 0 atom stereocenters. The summed E-state index contributed by atoms with van der Waals surface area (Å²) in [5.41, 5.74) is 2.63. The van der Waals surface area contributed by atoms with Crippen molar-refractivity contribution in [3.8, 4) is 0 Å². The van der Waals surface area contributed by atoms with Crippen LogP contribution < -0.4 is 5.32 Å². The van der Waals surface area contributed by atoms with Gasteiger partial charge in [-0.3, -0.25) is 4.79 Å². The molecule has 0 saturated heterocycles. The first-order valence-corrected chi connectivity index (χ1v) is 6.96. The van der Waals surface area contributed by atoms with Crippen LogP contribution in [0, 0.1) is 0 Å². The second-order valence-electron chi connectivity index (χ2n) is 4.85. The number of benzene rings is 1. The van der Waals surface area contributed by atoms with Gasteiger partial charge >= 0.3 is 0 Å². The van der Waals surface area contributed by atoms with Crippen LogP contribution in [0.4, 0.5) is 5.69 Å². The maximum absolute atomic E-state index is 12.2. The van der Waals surface area contributed by atoms with E-state index in [0.717, 1.165) is 16.5 Å². The zero-order chi connectivity index (χ0) is 14.8. The molecule has 2 aromatic heterocycles. The van der Waals surface area contributed by atoms with Crippen LogP contribution in [0.2, 0.25) is 5.15 Å². The maximum atomic E-state index is 12.2. The maximum Gasteiger partial charge on any atom is 0.228 e. The Bertz CT molecular complexity index is 810. The number of hydrogen-bond acceptors (Lipinski definition) is 2. The van der Waals surface area contributed by atoms with Gasteiger partial charge < -0.3 is 9.88 Å². The summed E-state index contributed by atoms with van der Waals surface area (Å²) in [5.74, 6) is -0.110. The number of para-hydroxylation sites is 1. The molecule has 5 heteroatoms. The number of aromatic nitrogens is 2. The average molecular weight is 300 g/mol. The molecule has 1 amide bonds. The van der Waals surface area contributed by atoms with Crippen molar-refractivity contribution in [1.29, 1.82) is 0 Å². The number of fused-ring (bicyclic) bond motifs is 1. The van der Waals surface area contributed by atoms with Crippen LogP contribution in [0.15, 0.2) is 48.8 Å². The molecule has 0 aliphatic carbocycles. The Morgan fingerprint density at radius 3 is 2.90 bits per heavy atom. The van der Waals surface area contributed by atoms with Crippen molar-refractivity contribution in [1.82, 2.24) is 9.55 Å². The highest BCUT2D eigenvalue weighted by molar-refractivity contribution is 6.32. The summed E-state index contributed by atoms with van der Waals surface area (Å²) in [7, 11) is 1.97. The molecule has 2 heterocycles. The molecule has 1 aromatic carbocycles. The normalized spacial score (nSPS) is 10.8. The molecule has 0 fully saturated rings. The molecule has 0 bridgehead atoms. The van der Waals surface area contributed by atoms with Crippen LogP contribution in [0.3, 0.4) is 0 Å². The average Bonchev–Trinajstić information content (AvgIpc) is 2.79. The number of carbonyl (C=O) groups excluding carboxylic acids is 1. The molecular formula is C16H14ClN3O. The molecule has 0 aliphatic heterocycles. The van der Waals surface area contributed by atoms with Crippen molar-refractivity contribution in [3.05, 3.63) is 59.5 Å². The molecule has 0 spiro atoms. The molecule has 0 aliphatic rings. The van der Waals surface area contributed by atoms with Crippen molar-refractivity contribution in [2.45, 2.75) is 6.42 Å². The van der Waals surface area contributed by atoms with Gasteiger partial charge in [0, 0.05) is 30.3 Å². The lowest BCUT2D eigenvalue weighted by molar-refractivity contribution is -0.115. The van der Waals surface area contributed by atoms with Crippen molar-refractivity contribution >= 4 is 34.1 Å². The molecule has 106 valence electrons. The third-order valence-electron chi connectivity index (χ3n) is 3.36. The van der Waals surface area contributed by atoms with Crippen LogP contribution in [0.5, 0.6) is 0 Å². The fourth-order valence-corrected chi connectivity index (χ4v) is 2.58. The molecular weight excluding hydrogens is 286 g/mol. The first-order chi connectivity index (χ1) is 10.1. The lowest BCUT2D eigenvalue weighted by Gasteiger charge is -2.05. The molecule has 0 saturated carbocycles. The SMILES string of the molecule is Cn1cc(CC(=O)Nc2cccnc2Cl)c2ccccc21. The van der Waals surface area contributed by atoms with E-state index in [2.05, 4.69) is 10.3 Å². The summed E-state index contributed by atoms with van der Waals surface area (Å²) in [4.78, 5) is 16.1. The summed E-state index contributed by atoms with van der Waals surface area (Å²) in [6.45, 7) is 0. The molecule has 0 unspecified atom stereocenters. The molecule has 3 aromatic rings. The molecule has 1 N–H and O–H groups in total. The van der Waals surface area contributed by atoms with Gasteiger partial charge in [0.2, 0.25) is 5.91 Å².